The summed E-state index contributed by atoms with van der Waals surface area (Å²) in [4.78, 5) is 27.7. The first-order valence-electron chi connectivity index (χ1n) is 16.1. The van der Waals surface area contributed by atoms with Crippen LogP contribution in [0.5, 0.6) is 0 Å². The molecule has 3 aromatic heterocycles. The molecule has 0 spiro atoms. The molecule has 0 amide bonds. The largest absolute Gasteiger partial charge is 0.328 e. The number of nitrogens with zero attached hydrogens (tertiary/aromatic N) is 5. The van der Waals surface area contributed by atoms with Gasteiger partial charge in [-0.2, -0.15) is 0 Å². The second-order valence-electron chi connectivity index (χ2n) is 12.2. The van der Waals surface area contributed by atoms with E-state index in [1.54, 1.807) is 23.2 Å². The van der Waals surface area contributed by atoms with E-state index >= 15 is 0 Å². The van der Waals surface area contributed by atoms with Crippen LogP contribution in [0.15, 0.2) is 144 Å². The van der Waals surface area contributed by atoms with Gasteiger partial charge < -0.3 is 0 Å². The van der Waals surface area contributed by atoms with E-state index in [2.05, 4.69) is 91.0 Å². The first kappa shape index (κ1) is 29.0. The molecule has 0 radical (unpaired) electrons. The van der Waals surface area contributed by atoms with Crippen molar-refractivity contribution in [1.29, 1.82) is 0 Å². The first-order chi connectivity index (χ1) is 24.0. The topological polar surface area (TPSA) is 65.6 Å². The van der Waals surface area contributed by atoms with Crippen LogP contribution in [0.3, 0.4) is 0 Å². The standard InChI is InChI=1S/C42H29N5OS/c1-46-34-22-21-28(25-35(34)47(2)42(46)48)27-13-8-15-30(23-27)40-43-39(26-11-4-3-5-12-26)44-41(45-40)31-16-9-14-29(24-31)32-18-10-20-37-38(32)33-17-6-7-19-36(33)49-37/h3-25H,1-2H3. The van der Waals surface area contributed by atoms with E-state index in [0.717, 1.165) is 44.4 Å². The maximum Gasteiger partial charge on any atom is 0.328 e. The van der Waals surface area contributed by atoms with Crippen molar-refractivity contribution in [3.8, 4) is 56.4 Å². The predicted molar refractivity (Wildman–Crippen MR) is 202 cm³/mol. The Bertz CT molecular complexity index is 2780. The van der Waals surface area contributed by atoms with Gasteiger partial charge in [-0.1, -0.05) is 103 Å². The average molecular weight is 652 g/mol. The summed E-state index contributed by atoms with van der Waals surface area (Å²) < 4.78 is 5.91. The van der Waals surface area contributed by atoms with Gasteiger partial charge >= 0.3 is 5.69 Å². The van der Waals surface area contributed by atoms with Crippen LogP contribution in [0.2, 0.25) is 0 Å². The Balaban J connectivity index is 1.18. The van der Waals surface area contributed by atoms with E-state index in [4.69, 9.17) is 15.0 Å². The fraction of sp³-hybridized carbons (Fsp3) is 0.0476. The van der Waals surface area contributed by atoms with Crippen LogP contribution in [0.1, 0.15) is 0 Å². The molecule has 0 saturated heterocycles. The van der Waals surface area contributed by atoms with Crippen LogP contribution in [-0.2, 0) is 14.1 Å². The lowest BCUT2D eigenvalue weighted by atomic mass is 9.98. The van der Waals surface area contributed by atoms with Gasteiger partial charge in [0.05, 0.1) is 11.0 Å². The van der Waals surface area contributed by atoms with E-state index in [9.17, 15) is 4.79 Å². The van der Waals surface area contributed by atoms with Gasteiger partial charge in [-0.05, 0) is 58.7 Å². The highest BCUT2D eigenvalue weighted by Crippen LogP contribution is 2.40. The van der Waals surface area contributed by atoms with E-state index in [1.165, 1.54) is 25.7 Å². The lowest BCUT2D eigenvalue weighted by Crippen LogP contribution is -2.19. The van der Waals surface area contributed by atoms with Gasteiger partial charge in [0.1, 0.15) is 0 Å². The summed E-state index contributed by atoms with van der Waals surface area (Å²) in [5.41, 5.74) is 8.78. The van der Waals surface area contributed by atoms with Crippen molar-refractivity contribution >= 4 is 42.5 Å². The minimum Gasteiger partial charge on any atom is -0.295 e. The Kier molecular flexibility index (Phi) is 6.81. The summed E-state index contributed by atoms with van der Waals surface area (Å²) in [6.07, 6.45) is 0. The molecular formula is C42H29N5OS. The van der Waals surface area contributed by atoms with Gasteiger partial charge in [0, 0.05) is 51.0 Å². The molecule has 9 aromatic rings. The van der Waals surface area contributed by atoms with Gasteiger partial charge in [0.15, 0.2) is 17.5 Å². The fourth-order valence-corrected chi connectivity index (χ4v) is 7.85. The Labute approximate surface area is 286 Å². The van der Waals surface area contributed by atoms with Crippen LogP contribution in [-0.4, -0.2) is 24.1 Å². The molecule has 6 aromatic carbocycles. The minimum absolute atomic E-state index is 0.0449. The van der Waals surface area contributed by atoms with Crippen molar-refractivity contribution in [2.75, 3.05) is 0 Å². The highest BCUT2D eigenvalue weighted by molar-refractivity contribution is 7.25. The van der Waals surface area contributed by atoms with Crippen molar-refractivity contribution in [2.45, 2.75) is 0 Å². The normalized spacial score (nSPS) is 11.6. The Hall–Kier alpha value is -6.18. The maximum atomic E-state index is 12.6. The zero-order chi connectivity index (χ0) is 33.1. The maximum absolute atomic E-state index is 12.6. The molecule has 0 unspecified atom stereocenters. The number of rotatable bonds is 5. The van der Waals surface area contributed by atoms with Crippen molar-refractivity contribution in [1.82, 2.24) is 24.1 Å². The van der Waals surface area contributed by atoms with Gasteiger partial charge in [0.2, 0.25) is 0 Å². The number of benzene rings is 6. The monoisotopic (exact) mass is 651 g/mol. The molecular weight excluding hydrogens is 623 g/mol. The highest BCUT2D eigenvalue weighted by Gasteiger charge is 2.16. The molecule has 0 fully saturated rings. The smallest absolute Gasteiger partial charge is 0.295 e. The number of hydrogen-bond donors (Lipinski definition) is 0. The molecule has 234 valence electrons. The molecule has 0 atom stereocenters. The zero-order valence-corrected chi connectivity index (χ0v) is 27.6. The van der Waals surface area contributed by atoms with Gasteiger partial charge in [-0.3, -0.25) is 9.13 Å². The number of imidazole rings is 1. The molecule has 0 N–H and O–H groups in total. The summed E-state index contributed by atoms with van der Waals surface area (Å²) >= 11 is 1.82. The number of fused-ring (bicyclic) bond motifs is 4. The second kappa shape index (κ2) is 11.5. The van der Waals surface area contributed by atoms with Gasteiger partial charge in [0.25, 0.3) is 0 Å². The molecule has 6 nitrogen and oxygen atoms in total. The van der Waals surface area contributed by atoms with E-state index in [-0.39, 0.29) is 5.69 Å². The molecule has 0 aliphatic rings. The molecule has 0 saturated carbocycles. The molecule has 9 rings (SSSR count). The SMILES string of the molecule is Cn1c(=O)n(C)c2cc(-c3cccc(-c4nc(-c5ccccc5)nc(-c5cccc(-c6cccc7sc8ccccc8c67)c5)n4)c3)ccc21. The summed E-state index contributed by atoms with van der Waals surface area (Å²) in [6, 6.07) is 48.0. The first-order valence-corrected chi connectivity index (χ1v) is 16.9. The molecule has 3 heterocycles. The summed E-state index contributed by atoms with van der Waals surface area (Å²) in [7, 11) is 3.61. The zero-order valence-electron chi connectivity index (χ0n) is 26.8. The molecule has 49 heavy (non-hydrogen) atoms. The number of aryl methyl sites for hydroxylation is 2. The summed E-state index contributed by atoms with van der Waals surface area (Å²) in [6.45, 7) is 0. The second-order valence-corrected chi connectivity index (χ2v) is 13.3. The third-order valence-electron chi connectivity index (χ3n) is 9.23. The molecule has 0 aliphatic heterocycles. The van der Waals surface area contributed by atoms with Crippen LogP contribution in [0, 0.1) is 0 Å². The minimum atomic E-state index is -0.0449. The van der Waals surface area contributed by atoms with Gasteiger partial charge in [-0.15, -0.1) is 11.3 Å². The number of aromatic nitrogens is 5. The Morgan fingerprint density at radius 2 is 1.02 bits per heavy atom. The highest BCUT2D eigenvalue weighted by atomic mass is 32.1. The number of hydrogen-bond acceptors (Lipinski definition) is 5. The Morgan fingerprint density at radius 3 is 1.80 bits per heavy atom. The quantitative estimate of drug-likeness (QED) is 0.186. The predicted octanol–water partition coefficient (Wildman–Crippen LogP) is 9.76. The van der Waals surface area contributed by atoms with E-state index in [0.29, 0.717) is 17.5 Å². The van der Waals surface area contributed by atoms with Gasteiger partial charge in [-0.25, -0.2) is 19.7 Å². The number of thiophene rings is 1. The molecule has 0 bridgehead atoms. The average Bonchev–Trinajstić information content (AvgIpc) is 3.65. The van der Waals surface area contributed by atoms with Crippen molar-refractivity contribution in [2.24, 2.45) is 14.1 Å². The lowest BCUT2D eigenvalue weighted by Gasteiger charge is -2.11. The van der Waals surface area contributed by atoms with Crippen molar-refractivity contribution < 1.29 is 0 Å². The lowest BCUT2D eigenvalue weighted by molar-refractivity contribution is 0.795. The third-order valence-corrected chi connectivity index (χ3v) is 10.4. The van der Waals surface area contributed by atoms with E-state index in [1.807, 2.05) is 59.9 Å². The van der Waals surface area contributed by atoms with Crippen LogP contribution in [0.25, 0.3) is 87.6 Å². The van der Waals surface area contributed by atoms with Crippen LogP contribution in [0.4, 0.5) is 0 Å². The van der Waals surface area contributed by atoms with Crippen molar-refractivity contribution in [3.63, 3.8) is 0 Å². The molecule has 0 aliphatic carbocycles. The Morgan fingerprint density at radius 1 is 0.469 bits per heavy atom. The van der Waals surface area contributed by atoms with Crippen molar-refractivity contribution in [3.05, 3.63) is 150 Å². The van der Waals surface area contributed by atoms with Crippen LogP contribution < -0.4 is 5.69 Å². The summed E-state index contributed by atoms with van der Waals surface area (Å²) in [5, 5.41) is 2.54. The van der Waals surface area contributed by atoms with E-state index < -0.39 is 0 Å². The van der Waals surface area contributed by atoms with Crippen LogP contribution >= 0.6 is 11.3 Å². The fourth-order valence-electron chi connectivity index (χ4n) is 6.72. The molecule has 7 heteroatoms. The summed E-state index contributed by atoms with van der Waals surface area (Å²) in [5.74, 6) is 1.82. The third kappa shape index (κ3) is 4.94.